The second-order valence-corrected chi connectivity index (χ2v) is 6.46. The van der Waals surface area contributed by atoms with E-state index in [0.29, 0.717) is 5.92 Å². The van der Waals surface area contributed by atoms with Crippen molar-refractivity contribution in [2.75, 3.05) is 13.1 Å². The molecule has 0 radical (unpaired) electrons. The Kier molecular flexibility index (Phi) is 2.67. The Bertz CT molecular complexity index is 629. The topological polar surface area (TPSA) is 24.9 Å². The van der Waals surface area contributed by atoms with Crippen molar-refractivity contribution in [1.29, 1.82) is 0 Å². The minimum Gasteiger partial charge on any atom is -0.316 e. The lowest BCUT2D eigenvalue weighted by Gasteiger charge is -2.20. The van der Waals surface area contributed by atoms with Gasteiger partial charge in [-0.2, -0.15) is 0 Å². The molecule has 0 saturated carbocycles. The Labute approximate surface area is 115 Å². The standard InChI is InChI=1S/C15H15FN2S/c16-11-3-4-12-10(6-11)7-13-14(12)18-15(19-13)9-2-1-5-17-8-9/h3-4,6,9,17H,1-2,5,7-8H2. The maximum atomic E-state index is 13.2. The third-order valence-electron chi connectivity index (χ3n) is 4.03. The van der Waals surface area contributed by atoms with E-state index in [-0.39, 0.29) is 5.82 Å². The molecule has 4 rings (SSSR count). The van der Waals surface area contributed by atoms with E-state index in [4.69, 9.17) is 4.98 Å². The Morgan fingerprint density at radius 1 is 1.37 bits per heavy atom. The van der Waals surface area contributed by atoms with Gasteiger partial charge in [-0.15, -0.1) is 11.3 Å². The maximum absolute atomic E-state index is 13.2. The monoisotopic (exact) mass is 274 g/mol. The summed E-state index contributed by atoms with van der Waals surface area (Å²) in [6.07, 6.45) is 3.31. The smallest absolute Gasteiger partial charge is 0.123 e. The van der Waals surface area contributed by atoms with Gasteiger partial charge in [0.1, 0.15) is 5.82 Å². The number of piperidine rings is 1. The van der Waals surface area contributed by atoms with Gasteiger partial charge in [-0.3, -0.25) is 0 Å². The van der Waals surface area contributed by atoms with Crippen molar-refractivity contribution >= 4 is 11.3 Å². The van der Waals surface area contributed by atoms with Gasteiger partial charge in [-0.1, -0.05) is 0 Å². The average Bonchev–Trinajstić information content (AvgIpc) is 2.96. The molecule has 1 aromatic heterocycles. The van der Waals surface area contributed by atoms with E-state index in [1.54, 1.807) is 6.07 Å². The Hall–Kier alpha value is -1.26. The largest absolute Gasteiger partial charge is 0.316 e. The highest BCUT2D eigenvalue weighted by Crippen LogP contribution is 2.42. The molecule has 1 unspecified atom stereocenters. The summed E-state index contributed by atoms with van der Waals surface area (Å²) in [5.74, 6) is 0.416. The van der Waals surface area contributed by atoms with Crippen molar-refractivity contribution in [2.45, 2.75) is 25.2 Å². The fraction of sp³-hybridized carbons (Fsp3) is 0.400. The zero-order chi connectivity index (χ0) is 12.8. The van der Waals surface area contributed by atoms with Gasteiger partial charge >= 0.3 is 0 Å². The number of nitrogens with zero attached hydrogens (tertiary/aromatic N) is 1. The van der Waals surface area contributed by atoms with Gasteiger partial charge in [0.25, 0.3) is 0 Å². The van der Waals surface area contributed by atoms with Gasteiger partial charge in [-0.05, 0) is 43.1 Å². The molecule has 1 N–H and O–H groups in total. The molecule has 1 saturated heterocycles. The zero-order valence-corrected chi connectivity index (χ0v) is 11.4. The van der Waals surface area contributed by atoms with Gasteiger partial charge in [0.2, 0.25) is 0 Å². The van der Waals surface area contributed by atoms with Crippen LogP contribution in [0.5, 0.6) is 0 Å². The predicted molar refractivity (Wildman–Crippen MR) is 75.2 cm³/mol. The summed E-state index contributed by atoms with van der Waals surface area (Å²) in [6.45, 7) is 2.17. The normalized spacial score (nSPS) is 21.2. The Balaban J connectivity index is 1.71. The van der Waals surface area contributed by atoms with Crippen molar-refractivity contribution in [1.82, 2.24) is 10.3 Å². The molecule has 0 amide bonds. The lowest BCUT2D eigenvalue weighted by atomic mass is 10.0. The van der Waals surface area contributed by atoms with Crippen molar-refractivity contribution in [3.8, 4) is 11.3 Å². The van der Waals surface area contributed by atoms with Crippen LogP contribution in [-0.4, -0.2) is 18.1 Å². The Morgan fingerprint density at radius 2 is 2.32 bits per heavy atom. The van der Waals surface area contributed by atoms with Crippen LogP contribution in [0.25, 0.3) is 11.3 Å². The summed E-state index contributed by atoms with van der Waals surface area (Å²) < 4.78 is 13.2. The zero-order valence-electron chi connectivity index (χ0n) is 10.6. The minimum absolute atomic E-state index is 0.148. The number of rotatable bonds is 1. The molecular formula is C15H15FN2S. The van der Waals surface area contributed by atoms with E-state index in [9.17, 15) is 4.39 Å². The van der Waals surface area contributed by atoms with E-state index >= 15 is 0 Å². The average molecular weight is 274 g/mol. The third-order valence-corrected chi connectivity index (χ3v) is 5.25. The minimum atomic E-state index is -0.148. The van der Waals surface area contributed by atoms with E-state index in [1.165, 1.54) is 28.8 Å². The van der Waals surface area contributed by atoms with Gasteiger partial charge in [0, 0.05) is 29.3 Å². The van der Waals surface area contributed by atoms with Crippen LogP contribution >= 0.6 is 11.3 Å². The number of fused-ring (bicyclic) bond motifs is 3. The molecule has 98 valence electrons. The number of aromatic nitrogens is 1. The fourth-order valence-corrected chi connectivity index (χ4v) is 4.29. The molecule has 1 aromatic carbocycles. The van der Waals surface area contributed by atoms with Crippen molar-refractivity contribution in [3.05, 3.63) is 39.5 Å². The van der Waals surface area contributed by atoms with Crippen molar-refractivity contribution in [2.24, 2.45) is 0 Å². The first kappa shape index (κ1) is 11.6. The molecule has 1 fully saturated rings. The molecule has 0 bridgehead atoms. The predicted octanol–water partition coefficient (Wildman–Crippen LogP) is 3.32. The Morgan fingerprint density at radius 3 is 3.16 bits per heavy atom. The lowest BCUT2D eigenvalue weighted by Crippen LogP contribution is -2.28. The lowest BCUT2D eigenvalue weighted by molar-refractivity contribution is 0.460. The van der Waals surface area contributed by atoms with Crippen LogP contribution < -0.4 is 5.32 Å². The summed E-state index contributed by atoms with van der Waals surface area (Å²) >= 11 is 1.82. The molecular weight excluding hydrogens is 259 g/mol. The van der Waals surface area contributed by atoms with Crippen LogP contribution in [0.4, 0.5) is 4.39 Å². The highest BCUT2D eigenvalue weighted by atomic mass is 32.1. The first-order chi connectivity index (χ1) is 9.31. The van der Waals surface area contributed by atoms with Gasteiger partial charge < -0.3 is 5.32 Å². The summed E-state index contributed by atoms with van der Waals surface area (Å²) in [5, 5.41) is 4.70. The van der Waals surface area contributed by atoms with Gasteiger partial charge in [0.15, 0.2) is 0 Å². The highest BCUT2D eigenvalue weighted by Gasteiger charge is 2.27. The van der Waals surface area contributed by atoms with Crippen molar-refractivity contribution in [3.63, 3.8) is 0 Å². The van der Waals surface area contributed by atoms with E-state index in [0.717, 1.165) is 36.3 Å². The number of hydrogen-bond donors (Lipinski definition) is 1. The highest BCUT2D eigenvalue weighted by molar-refractivity contribution is 7.12. The molecule has 2 aromatic rings. The second-order valence-electron chi connectivity index (χ2n) is 5.35. The van der Waals surface area contributed by atoms with Crippen LogP contribution in [0.3, 0.4) is 0 Å². The van der Waals surface area contributed by atoms with Crippen LogP contribution in [-0.2, 0) is 6.42 Å². The summed E-state index contributed by atoms with van der Waals surface area (Å²) in [6, 6.07) is 5.06. The van der Waals surface area contributed by atoms with E-state index < -0.39 is 0 Å². The first-order valence-corrected chi connectivity index (χ1v) is 7.62. The molecule has 0 spiro atoms. The number of hydrogen-bond acceptors (Lipinski definition) is 3. The van der Waals surface area contributed by atoms with Crippen LogP contribution in [0.15, 0.2) is 18.2 Å². The molecule has 1 aliphatic carbocycles. The summed E-state index contributed by atoms with van der Waals surface area (Å²) in [4.78, 5) is 6.15. The van der Waals surface area contributed by atoms with Gasteiger partial charge in [0.05, 0.1) is 10.7 Å². The fourth-order valence-electron chi connectivity index (χ4n) is 3.05. The summed E-state index contributed by atoms with van der Waals surface area (Å²) in [7, 11) is 0. The van der Waals surface area contributed by atoms with E-state index in [1.807, 2.05) is 17.4 Å². The molecule has 2 aliphatic rings. The quantitative estimate of drug-likeness (QED) is 0.736. The SMILES string of the molecule is Fc1ccc2c(c1)Cc1sc(C3CCCNC3)nc1-2. The molecule has 19 heavy (non-hydrogen) atoms. The number of benzene rings is 1. The molecule has 4 heteroatoms. The van der Waals surface area contributed by atoms with Crippen molar-refractivity contribution < 1.29 is 4.39 Å². The molecule has 2 heterocycles. The van der Waals surface area contributed by atoms with Crippen LogP contribution in [0.1, 0.15) is 34.2 Å². The molecule has 1 aliphatic heterocycles. The van der Waals surface area contributed by atoms with Gasteiger partial charge in [-0.25, -0.2) is 9.37 Å². The second kappa shape index (κ2) is 4.39. The van der Waals surface area contributed by atoms with Crippen LogP contribution in [0, 0.1) is 5.82 Å². The number of thiazole rings is 1. The van der Waals surface area contributed by atoms with Crippen LogP contribution in [0.2, 0.25) is 0 Å². The summed E-state index contributed by atoms with van der Waals surface area (Å²) in [5.41, 5.74) is 3.31. The number of halogens is 1. The third kappa shape index (κ3) is 1.90. The molecule has 2 nitrogen and oxygen atoms in total. The van der Waals surface area contributed by atoms with E-state index in [2.05, 4.69) is 5.32 Å². The number of nitrogens with one attached hydrogen (secondary N) is 1. The molecule has 1 atom stereocenters. The maximum Gasteiger partial charge on any atom is 0.123 e. The first-order valence-electron chi connectivity index (χ1n) is 6.80.